The van der Waals surface area contributed by atoms with E-state index in [1.54, 1.807) is 12.1 Å². The molecule has 0 aliphatic heterocycles. The van der Waals surface area contributed by atoms with Gasteiger partial charge in [-0.05, 0) is 43.2 Å². The SMILES string of the molecule is Cc1ccc(C(=O)CCC(=O)OCC(=O)Nc2ccc([N+](=O)[O-])cc2)cc1C. The van der Waals surface area contributed by atoms with Gasteiger partial charge in [-0.25, -0.2) is 0 Å². The van der Waals surface area contributed by atoms with E-state index in [2.05, 4.69) is 5.32 Å². The first-order valence-corrected chi connectivity index (χ1v) is 8.56. The van der Waals surface area contributed by atoms with Crippen molar-refractivity contribution in [1.82, 2.24) is 0 Å². The highest BCUT2D eigenvalue weighted by Gasteiger charge is 2.13. The monoisotopic (exact) mass is 384 g/mol. The Balaban J connectivity index is 1.75. The van der Waals surface area contributed by atoms with Crippen LogP contribution in [0.15, 0.2) is 42.5 Å². The third kappa shape index (κ3) is 6.01. The Kier molecular flexibility index (Phi) is 6.97. The number of non-ortho nitro benzene ring substituents is 1. The fourth-order valence-corrected chi connectivity index (χ4v) is 2.36. The molecule has 0 atom stereocenters. The number of rotatable bonds is 8. The summed E-state index contributed by atoms with van der Waals surface area (Å²) in [5.41, 5.74) is 2.85. The molecule has 0 spiro atoms. The summed E-state index contributed by atoms with van der Waals surface area (Å²) >= 11 is 0. The molecular formula is C20H20N2O6. The molecule has 0 radical (unpaired) electrons. The number of ether oxygens (including phenoxy) is 1. The van der Waals surface area contributed by atoms with Crippen molar-refractivity contribution in [1.29, 1.82) is 0 Å². The van der Waals surface area contributed by atoms with Crippen LogP contribution in [0.5, 0.6) is 0 Å². The van der Waals surface area contributed by atoms with Gasteiger partial charge in [-0.2, -0.15) is 0 Å². The van der Waals surface area contributed by atoms with E-state index in [4.69, 9.17) is 4.74 Å². The second kappa shape index (κ2) is 9.40. The first-order valence-electron chi connectivity index (χ1n) is 8.56. The van der Waals surface area contributed by atoms with Crippen molar-refractivity contribution >= 4 is 29.0 Å². The predicted octanol–water partition coefficient (Wildman–Crippen LogP) is 3.36. The molecule has 28 heavy (non-hydrogen) atoms. The first kappa shape index (κ1) is 20.8. The van der Waals surface area contributed by atoms with E-state index in [0.717, 1.165) is 11.1 Å². The Morgan fingerprint density at radius 3 is 2.29 bits per heavy atom. The van der Waals surface area contributed by atoms with Crippen molar-refractivity contribution < 1.29 is 24.0 Å². The number of ketones is 1. The molecule has 0 fully saturated rings. The smallest absolute Gasteiger partial charge is 0.306 e. The molecule has 0 heterocycles. The van der Waals surface area contributed by atoms with Crippen LogP contribution in [0.3, 0.4) is 0 Å². The summed E-state index contributed by atoms with van der Waals surface area (Å²) in [5, 5.41) is 13.0. The number of Topliss-reactive ketones (excluding diaryl/α,β-unsaturated/α-hetero) is 1. The van der Waals surface area contributed by atoms with E-state index in [9.17, 15) is 24.5 Å². The normalized spacial score (nSPS) is 10.2. The fourth-order valence-electron chi connectivity index (χ4n) is 2.36. The first-order chi connectivity index (χ1) is 13.3. The summed E-state index contributed by atoms with van der Waals surface area (Å²) in [6.07, 6.45) is -0.137. The lowest BCUT2D eigenvalue weighted by molar-refractivity contribution is -0.384. The van der Waals surface area contributed by atoms with E-state index in [1.165, 1.54) is 24.3 Å². The van der Waals surface area contributed by atoms with Crippen molar-refractivity contribution in [3.8, 4) is 0 Å². The lowest BCUT2D eigenvalue weighted by Gasteiger charge is -2.07. The highest BCUT2D eigenvalue weighted by molar-refractivity contribution is 5.98. The van der Waals surface area contributed by atoms with Crippen LogP contribution in [0.4, 0.5) is 11.4 Å². The van der Waals surface area contributed by atoms with Crippen molar-refractivity contribution in [3.63, 3.8) is 0 Å². The molecule has 0 aromatic heterocycles. The number of aryl methyl sites for hydroxylation is 2. The zero-order valence-corrected chi connectivity index (χ0v) is 15.6. The van der Waals surface area contributed by atoms with E-state index in [1.807, 2.05) is 19.9 Å². The third-order valence-electron chi connectivity index (χ3n) is 4.11. The number of nitro groups is 1. The van der Waals surface area contributed by atoms with Crippen molar-refractivity contribution in [2.75, 3.05) is 11.9 Å². The van der Waals surface area contributed by atoms with Gasteiger partial charge in [0.05, 0.1) is 11.3 Å². The maximum atomic E-state index is 12.1. The Hall–Kier alpha value is -3.55. The van der Waals surface area contributed by atoms with Gasteiger partial charge in [0.2, 0.25) is 0 Å². The van der Waals surface area contributed by atoms with Gasteiger partial charge >= 0.3 is 5.97 Å². The zero-order valence-electron chi connectivity index (χ0n) is 15.6. The zero-order chi connectivity index (χ0) is 20.7. The molecule has 1 N–H and O–H groups in total. The average Bonchev–Trinajstić information content (AvgIpc) is 2.67. The quantitative estimate of drug-likeness (QED) is 0.323. The van der Waals surface area contributed by atoms with Gasteiger partial charge in [0.1, 0.15) is 0 Å². The number of esters is 1. The lowest BCUT2D eigenvalue weighted by atomic mass is 10.0. The summed E-state index contributed by atoms with van der Waals surface area (Å²) < 4.78 is 4.86. The Labute approximate surface area is 161 Å². The van der Waals surface area contributed by atoms with Crippen LogP contribution in [-0.4, -0.2) is 29.2 Å². The number of nitro benzene ring substituents is 1. The number of benzene rings is 2. The van der Waals surface area contributed by atoms with Gasteiger partial charge in [-0.3, -0.25) is 24.5 Å². The van der Waals surface area contributed by atoms with Gasteiger partial charge in [-0.1, -0.05) is 12.1 Å². The van der Waals surface area contributed by atoms with Crippen LogP contribution >= 0.6 is 0 Å². The molecule has 0 saturated heterocycles. The summed E-state index contributed by atoms with van der Waals surface area (Å²) in [4.78, 5) is 45.7. The van der Waals surface area contributed by atoms with Crippen LogP contribution in [0.2, 0.25) is 0 Å². The highest BCUT2D eigenvalue weighted by atomic mass is 16.6. The number of hydrogen-bond donors (Lipinski definition) is 1. The Morgan fingerprint density at radius 2 is 1.68 bits per heavy atom. The number of nitrogens with zero attached hydrogens (tertiary/aromatic N) is 1. The van der Waals surface area contributed by atoms with Crippen molar-refractivity contribution in [2.45, 2.75) is 26.7 Å². The van der Waals surface area contributed by atoms with Crippen LogP contribution in [0.1, 0.15) is 34.3 Å². The molecule has 0 aliphatic rings. The third-order valence-corrected chi connectivity index (χ3v) is 4.11. The Bertz CT molecular complexity index is 905. The second-order valence-corrected chi connectivity index (χ2v) is 6.24. The minimum atomic E-state index is -0.656. The minimum Gasteiger partial charge on any atom is -0.456 e. The molecule has 146 valence electrons. The van der Waals surface area contributed by atoms with E-state index in [0.29, 0.717) is 11.3 Å². The average molecular weight is 384 g/mol. The number of nitrogens with one attached hydrogen (secondary N) is 1. The molecule has 0 saturated carbocycles. The summed E-state index contributed by atoms with van der Waals surface area (Å²) in [7, 11) is 0. The molecule has 0 bridgehead atoms. The fraction of sp³-hybridized carbons (Fsp3) is 0.250. The standard InChI is InChI=1S/C20H20N2O6/c1-13-3-4-15(11-14(13)2)18(23)9-10-20(25)28-12-19(24)21-16-5-7-17(8-6-16)22(26)27/h3-8,11H,9-10,12H2,1-2H3,(H,21,24). The number of carbonyl (C=O) groups excluding carboxylic acids is 3. The number of anilines is 1. The van der Waals surface area contributed by atoms with Crippen LogP contribution in [0.25, 0.3) is 0 Å². The van der Waals surface area contributed by atoms with Crippen LogP contribution in [0, 0.1) is 24.0 Å². The van der Waals surface area contributed by atoms with E-state index in [-0.39, 0.29) is 24.3 Å². The largest absolute Gasteiger partial charge is 0.456 e. The predicted molar refractivity (Wildman–Crippen MR) is 102 cm³/mol. The van der Waals surface area contributed by atoms with Crippen LogP contribution < -0.4 is 5.32 Å². The maximum absolute atomic E-state index is 12.1. The molecule has 2 rings (SSSR count). The molecule has 8 nitrogen and oxygen atoms in total. The lowest BCUT2D eigenvalue weighted by Crippen LogP contribution is -2.21. The molecular weight excluding hydrogens is 364 g/mol. The van der Waals surface area contributed by atoms with Crippen molar-refractivity contribution in [3.05, 3.63) is 69.3 Å². The molecule has 2 aromatic carbocycles. The molecule has 8 heteroatoms. The van der Waals surface area contributed by atoms with Gasteiger partial charge < -0.3 is 10.1 Å². The molecule has 2 aromatic rings. The van der Waals surface area contributed by atoms with Crippen LogP contribution in [-0.2, 0) is 14.3 Å². The van der Waals surface area contributed by atoms with E-state index < -0.39 is 23.4 Å². The Morgan fingerprint density at radius 1 is 1.00 bits per heavy atom. The summed E-state index contributed by atoms with van der Waals surface area (Å²) in [5.74, 6) is -1.41. The number of carbonyl (C=O) groups is 3. The number of amides is 1. The van der Waals surface area contributed by atoms with Gasteiger partial charge in [-0.15, -0.1) is 0 Å². The minimum absolute atomic E-state index is 0.00863. The van der Waals surface area contributed by atoms with Gasteiger partial charge in [0, 0.05) is 29.8 Å². The summed E-state index contributed by atoms with van der Waals surface area (Å²) in [6.45, 7) is 3.35. The molecule has 1 amide bonds. The second-order valence-electron chi connectivity index (χ2n) is 6.24. The topological polar surface area (TPSA) is 116 Å². The number of hydrogen-bond acceptors (Lipinski definition) is 6. The van der Waals surface area contributed by atoms with Crippen molar-refractivity contribution in [2.24, 2.45) is 0 Å². The molecule has 0 unspecified atom stereocenters. The van der Waals surface area contributed by atoms with Gasteiger partial charge in [0.15, 0.2) is 12.4 Å². The van der Waals surface area contributed by atoms with Gasteiger partial charge in [0.25, 0.3) is 11.6 Å². The maximum Gasteiger partial charge on any atom is 0.306 e. The summed E-state index contributed by atoms with van der Waals surface area (Å²) in [6, 6.07) is 10.6. The molecule has 0 aliphatic carbocycles. The van der Waals surface area contributed by atoms with E-state index >= 15 is 0 Å². The highest BCUT2D eigenvalue weighted by Crippen LogP contribution is 2.15.